The molecule has 0 aromatic heterocycles. The van der Waals surface area contributed by atoms with Crippen LogP contribution in [0, 0.1) is 11.5 Å². The van der Waals surface area contributed by atoms with Crippen molar-refractivity contribution in [2.24, 2.45) is 22.1 Å². The fraction of sp³-hybridized carbons (Fsp3) is 0.480. The second kappa shape index (κ2) is 14.0. The summed E-state index contributed by atoms with van der Waals surface area (Å²) in [7, 11) is 0. The number of benzene rings is 1. The van der Waals surface area contributed by atoms with Gasteiger partial charge in [0, 0.05) is 20.0 Å². The van der Waals surface area contributed by atoms with Crippen molar-refractivity contribution in [1.82, 2.24) is 10.6 Å². The number of hydrazone groups is 1. The van der Waals surface area contributed by atoms with E-state index in [-0.39, 0.29) is 22.9 Å². The van der Waals surface area contributed by atoms with E-state index in [9.17, 15) is 4.79 Å². The molecule has 0 heterocycles. The molecule has 1 atom stereocenters. The summed E-state index contributed by atoms with van der Waals surface area (Å²) in [5.41, 5.74) is 7.42. The van der Waals surface area contributed by atoms with Gasteiger partial charge in [0.2, 0.25) is 5.90 Å². The molecular formula is C25H39N6O2+. The van der Waals surface area contributed by atoms with Crippen LogP contribution in [0.5, 0.6) is 0 Å². The Labute approximate surface area is 198 Å². The molecule has 1 aromatic rings. The molecule has 0 spiro atoms. The Bertz CT molecular complexity index is 904. The smallest absolute Gasteiger partial charge is 0.422 e. The van der Waals surface area contributed by atoms with Gasteiger partial charge in [-0.15, -0.1) is 5.10 Å². The van der Waals surface area contributed by atoms with Crippen molar-refractivity contribution in [2.45, 2.75) is 59.9 Å². The maximum absolute atomic E-state index is 13.4. The lowest BCUT2D eigenvalue weighted by atomic mass is 9.85. The minimum Gasteiger partial charge on any atom is -0.445 e. The molecule has 8 heteroatoms. The number of allylic oxidation sites excluding steroid dienone is 1. The molecule has 0 saturated heterocycles. The molecule has 0 bridgehead atoms. The number of aryl methyl sites for hydroxylation is 1. The first-order valence-corrected chi connectivity index (χ1v) is 11.2. The number of ether oxygens (including phenoxy) is 1. The molecule has 8 nitrogen and oxygen atoms in total. The molecule has 0 saturated carbocycles. The van der Waals surface area contributed by atoms with E-state index in [0.29, 0.717) is 37.4 Å². The maximum Gasteiger partial charge on any atom is 0.422 e. The van der Waals surface area contributed by atoms with E-state index in [1.54, 1.807) is 6.92 Å². The van der Waals surface area contributed by atoms with Crippen LogP contribution in [0.4, 0.5) is 0 Å². The van der Waals surface area contributed by atoms with Gasteiger partial charge >= 0.3 is 11.6 Å². The number of carbonyl (C=O) groups is 1. The number of nitrogens with one attached hydrogen (secondary N) is 2. The van der Waals surface area contributed by atoms with E-state index < -0.39 is 6.04 Å². The third-order valence-electron chi connectivity index (χ3n) is 4.82. The molecular weight excluding hydrogens is 416 g/mol. The standard InChI is InChI=1S/C25H38N6O2/c1-7-21(28-17-15-26)22(29-16-11-14-20-12-9-8-10-13-20)24(32)30-23(25(4,5)6)18(2)33-19(3)31-27/h8-10,12-13,23H,2,7,11,14-15,17,26-27H2,1,3-6H3,(H-,28,30,32)/p+1/b31-19-/t23-/m1/s1. The summed E-state index contributed by atoms with van der Waals surface area (Å²) in [6.45, 7) is 14.5. The van der Waals surface area contributed by atoms with E-state index in [2.05, 4.69) is 45.4 Å². The van der Waals surface area contributed by atoms with Gasteiger partial charge < -0.3 is 26.9 Å². The predicted molar refractivity (Wildman–Crippen MR) is 135 cm³/mol. The first-order chi connectivity index (χ1) is 15.6. The third kappa shape index (κ3) is 9.79. The Balaban J connectivity index is 3.17. The molecule has 0 radical (unpaired) electrons. The molecule has 0 fully saturated rings. The van der Waals surface area contributed by atoms with Gasteiger partial charge in [-0.3, -0.25) is 4.79 Å². The maximum atomic E-state index is 13.4. The zero-order valence-corrected chi connectivity index (χ0v) is 20.6. The lowest BCUT2D eigenvalue weighted by Crippen LogP contribution is -2.46. The van der Waals surface area contributed by atoms with E-state index in [1.165, 1.54) is 5.56 Å². The molecule has 0 aliphatic heterocycles. The number of amides is 1. The highest BCUT2D eigenvalue weighted by Gasteiger charge is 2.35. The minimum atomic E-state index is -0.510. The summed E-state index contributed by atoms with van der Waals surface area (Å²) in [6.07, 6.45) is 1.95. The number of nitrogens with zero attached hydrogens (tertiary/aromatic N) is 2. The Hall–Kier alpha value is -3.31. The molecule has 0 unspecified atom stereocenters. The summed E-state index contributed by atoms with van der Waals surface area (Å²) in [5, 5.41) is 9.74. The van der Waals surface area contributed by atoms with Gasteiger partial charge in [0.1, 0.15) is 11.5 Å². The van der Waals surface area contributed by atoms with Crippen molar-refractivity contribution < 1.29 is 9.53 Å². The summed E-state index contributed by atoms with van der Waals surface area (Å²) in [4.78, 5) is 17.8. The molecule has 180 valence electrons. The highest BCUT2D eigenvalue weighted by atomic mass is 16.5. The number of rotatable bonds is 10. The van der Waals surface area contributed by atoms with Gasteiger partial charge in [-0.1, -0.05) is 64.6 Å². The highest BCUT2D eigenvalue weighted by molar-refractivity contribution is 5.96. The van der Waals surface area contributed by atoms with Gasteiger partial charge in [0.05, 0.1) is 12.5 Å². The van der Waals surface area contributed by atoms with Gasteiger partial charge in [-0.25, -0.2) is 0 Å². The second-order valence-corrected chi connectivity index (χ2v) is 8.64. The van der Waals surface area contributed by atoms with Crippen molar-refractivity contribution in [2.75, 3.05) is 13.1 Å². The number of hydrogen-bond acceptors (Lipinski definition) is 6. The van der Waals surface area contributed by atoms with Gasteiger partial charge in [-0.05, 0) is 28.7 Å². The predicted octanol–water partition coefficient (Wildman–Crippen LogP) is 3.48. The van der Waals surface area contributed by atoms with Crippen LogP contribution in [-0.2, 0) is 16.0 Å². The highest BCUT2D eigenvalue weighted by Crippen LogP contribution is 2.26. The summed E-state index contributed by atoms with van der Waals surface area (Å²) in [5.74, 6) is 5.52. The molecule has 33 heavy (non-hydrogen) atoms. The average Bonchev–Trinajstić information content (AvgIpc) is 2.78. The average molecular weight is 456 g/mol. The van der Waals surface area contributed by atoms with Crippen LogP contribution in [0.3, 0.4) is 0 Å². The molecule has 0 aliphatic rings. The third-order valence-corrected chi connectivity index (χ3v) is 4.82. The largest absolute Gasteiger partial charge is 0.445 e. The topological polar surface area (TPSA) is 119 Å². The SMILES string of the molecule is C=C(O/C(C)=N\N)[C@@H](NC(=O)/C([N+]#CCCc1ccccc1)=C(\CC)NCCN)C(C)(C)C. The van der Waals surface area contributed by atoms with Crippen LogP contribution in [-0.4, -0.2) is 30.9 Å². The molecule has 1 aromatic carbocycles. The lowest BCUT2D eigenvalue weighted by Gasteiger charge is -2.31. The Morgan fingerprint density at radius 3 is 2.52 bits per heavy atom. The lowest BCUT2D eigenvalue weighted by molar-refractivity contribution is -0.118. The Morgan fingerprint density at radius 2 is 1.97 bits per heavy atom. The minimum absolute atomic E-state index is 0.255. The Kier molecular flexibility index (Phi) is 11.7. The fourth-order valence-corrected chi connectivity index (χ4v) is 3.09. The normalized spacial score (nSPS) is 13.2. The second-order valence-electron chi connectivity index (χ2n) is 8.64. The van der Waals surface area contributed by atoms with Crippen molar-refractivity contribution in [3.05, 3.63) is 64.5 Å². The monoisotopic (exact) mass is 455 g/mol. The summed E-state index contributed by atoms with van der Waals surface area (Å²) >= 11 is 0. The zero-order valence-electron chi connectivity index (χ0n) is 20.6. The van der Waals surface area contributed by atoms with Crippen LogP contribution >= 0.6 is 0 Å². The van der Waals surface area contributed by atoms with Crippen molar-refractivity contribution >= 4 is 11.8 Å². The van der Waals surface area contributed by atoms with E-state index in [1.807, 2.05) is 45.9 Å². The molecule has 0 aliphatic carbocycles. The van der Waals surface area contributed by atoms with Crippen LogP contribution in [0.1, 0.15) is 53.0 Å². The number of hydrogen-bond donors (Lipinski definition) is 4. The Morgan fingerprint density at radius 1 is 1.30 bits per heavy atom. The zero-order chi connectivity index (χ0) is 24.9. The summed E-state index contributed by atoms with van der Waals surface area (Å²) in [6, 6.07) is 12.6. The number of carbonyl (C=O) groups excluding carboxylic acids is 1. The molecule has 1 rings (SSSR count). The molecule has 1 amide bonds. The van der Waals surface area contributed by atoms with Crippen LogP contribution in [0.15, 0.2) is 59.2 Å². The van der Waals surface area contributed by atoms with Crippen molar-refractivity contribution in [3.8, 4) is 6.07 Å². The van der Waals surface area contributed by atoms with E-state index in [4.69, 9.17) is 16.3 Å². The first kappa shape index (κ1) is 27.7. The van der Waals surface area contributed by atoms with Crippen LogP contribution in [0.2, 0.25) is 0 Å². The fourth-order valence-electron chi connectivity index (χ4n) is 3.09. The van der Waals surface area contributed by atoms with E-state index >= 15 is 0 Å². The van der Waals surface area contributed by atoms with Crippen molar-refractivity contribution in [3.63, 3.8) is 0 Å². The van der Waals surface area contributed by atoms with Crippen LogP contribution in [0.25, 0.3) is 4.85 Å². The van der Waals surface area contributed by atoms with E-state index in [0.717, 1.165) is 6.42 Å². The van der Waals surface area contributed by atoms with Crippen molar-refractivity contribution in [1.29, 1.82) is 0 Å². The van der Waals surface area contributed by atoms with Gasteiger partial charge in [0.15, 0.2) is 0 Å². The van der Waals surface area contributed by atoms with Gasteiger partial charge in [-0.2, -0.15) is 0 Å². The molecule has 6 N–H and O–H groups in total. The van der Waals surface area contributed by atoms with Crippen LogP contribution < -0.4 is 22.2 Å². The van der Waals surface area contributed by atoms with Gasteiger partial charge in [0.25, 0.3) is 6.07 Å². The first-order valence-electron chi connectivity index (χ1n) is 11.2. The quantitative estimate of drug-likeness (QED) is 0.108. The summed E-state index contributed by atoms with van der Waals surface area (Å²) < 4.78 is 5.59. The number of nitrogens with two attached hydrogens (primary N) is 2.